The average molecular weight is 415 g/mol. The fourth-order valence-electron chi connectivity index (χ4n) is 3.47. The SMILES string of the molecule is CC(O)C(C)[P+](c1ccccc1)(c1ccccc1)c1ccccc1.[Br-]. The topological polar surface area (TPSA) is 20.2 Å². The van der Waals surface area contributed by atoms with Gasteiger partial charge in [-0.1, -0.05) is 54.6 Å². The van der Waals surface area contributed by atoms with Crippen LogP contribution in [-0.4, -0.2) is 16.9 Å². The molecule has 2 atom stereocenters. The van der Waals surface area contributed by atoms with Crippen LogP contribution in [0.15, 0.2) is 91.0 Å². The van der Waals surface area contributed by atoms with Crippen LogP contribution in [0.4, 0.5) is 0 Å². The third-order valence-electron chi connectivity index (χ3n) is 4.80. The van der Waals surface area contributed by atoms with E-state index in [0.29, 0.717) is 0 Å². The molecule has 1 N–H and O–H groups in total. The van der Waals surface area contributed by atoms with E-state index < -0.39 is 7.26 Å². The lowest BCUT2D eigenvalue weighted by Gasteiger charge is -2.34. The molecule has 0 aromatic heterocycles. The van der Waals surface area contributed by atoms with Crippen molar-refractivity contribution in [3.63, 3.8) is 0 Å². The molecule has 3 heteroatoms. The Bertz CT molecular complexity index is 663. The highest BCUT2D eigenvalue weighted by Crippen LogP contribution is 2.60. The zero-order valence-electron chi connectivity index (χ0n) is 14.6. The molecule has 0 heterocycles. The highest BCUT2D eigenvalue weighted by molar-refractivity contribution is 7.96. The maximum atomic E-state index is 10.6. The van der Waals surface area contributed by atoms with Crippen LogP contribution in [0.2, 0.25) is 0 Å². The Hall–Kier alpha value is -1.47. The number of halogens is 1. The Morgan fingerprint density at radius 2 is 0.880 bits per heavy atom. The first-order valence-electron chi connectivity index (χ1n) is 8.41. The second-order valence-electron chi connectivity index (χ2n) is 6.21. The van der Waals surface area contributed by atoms with Crippen LogP contribution in [0.1, 0.15) is 13.8 Å². The highest BCUT2D eigenvalue weighted by Gasteiger charge is 2.51. The second kappa shape index (κ2) is 8.76. The molecule has 0 amide bonds. The Morgan fingerprint density at radius 1 is 0.600 bits per heavy atom. The van der Waals surface area contributed by atoms with Gasteiger partial charge in [-0.3, -0.25) is 0 Å². The van der Waals surface area contributed by atoms with E-state index in [-0.39, 0.29) is 28.7 Å². The molecule has 25 heavy (non-hydrogen) atoms. The van der Waals surface area contributed by atoms with Gasteiger partial charge in [0.05, 0.1) is 6.10 Å². The summed E-state index contributed by atoms with van der Waals surface area (Å²) in [5.41, 5.74) is 0.129. The molecular formula is C22H24BrOP. The molecule has 3 aromatic carbocycles. The van der Waals surface area contributed by atoms with Crippen LogP contribution in [0.5, 0.6) is 0 Å². The van der Waals surface area contributed by atoms with Gasteiger partial charge in [-0.05, 0) is 50.2 Å². The van der Waals surface area contributed by atoms with Gasteiger partial charge in [0.25, 0.3) is 0 Å². The molecule has 3 rings (SSSR count). The van der Waals surface area contributed by atoms with Crippen LogP contribution in [0.25, 0.3) is 0 Å². The van der Waals surface area contributed by atoms with E-state index in [1.54, 1.807) is 0 Å². The maximum Gasteiger partial charge on any atom is 0.117 e. The van der Waals surface area contributed by atoms with E-state index in [2.05, 4.69) is 97.9 Å². The smallest absolute Gasteiger partial charge is 0.117 e. The molecule has 0 aliphatic rings. The van der Waals surface area contributed by atoms with Crippen molar-refractivity contribution in [1.82, 2.24) is 0 Å². The van der Waals surface area contributed by atoms with Gasteiger partial charge in [0.2, 0.25) is 0 Å². The van der Waals surface area contributed by atoms with Crippen molar-refractivity contribution in [2.24, 2.45) is 0 Å². The minimum Gasteiger partial charge on any atom is -1.00 e. The largest absolute Gasteiger partial charge is 1.00 e. The third kappa shape index (κ3) is 3.72. The molecule has 0 saturated heterocycles. The summed E-state index contributed by atoms with van der Waals surface area (Å²) >= 11 is 0. The van der Waals surface area contributed by atoms with Gasteiger partial charge in [-0.2, -0.15) is 0 Å². The molecule has 0 saturated carbocycles. The van der Waals surface area contributed by atoms with Crippen molar-refractivity contribution in [1.29, 1.82) is 0 Å². The zero-order valence-corrected chi connectivity index (χ0v) is 17.1. The van der Waals surface area contributed by atoms with Crippen molar-refractivity contribution in [3.05, 3.63) is 91.0 Å². The Kier molecular flexibility index (Phi) is 6.95. The second-order valence-corrected chi connectivity index (χ2v) is 10.0. The third-order valence-corrected chi connectivity index (χ3v) is 9.79. The zero-order chi connectivity index (χ0) is 17.0. The summed E-state index contributed by atoms with van der Waals surface area (Å²) in [5, 5.41) is 14.5. The number of aliphatic hydroxyl groups is 1. The molecule has 0 fully saturated rings. The van der Waals surface area contributed by atoms with Crippen molar-refractivity contribution >= 4 is 23.2 Å². The quantitative estimate of drug-likeness (QED) is 0.611. The predicted molar refractivity (Wildman–Crippen MR) is 106 cm³/mol. The fraction of sp³-hybridized carbons (Fsp3) is 0.182. The standard InChI is InChI=1S/C22H24OP.BrH/c1-18(23)19(2)24(20-12-6-3-7-13-20,21-14-8-4-9-15-21)22-16-10-5-11-17-22;/h3-19,23H,1-2H3;1H/q+1;/p-1. The average Bonchev–Trinajstić information content (AvgIpc) is 2.65. The summed E-state index contributed by atoms with van der Waals surface area (Å²) in [6, 6.07) is 32.1. The summed E-state index contributed by atoms with van der Waals surface area (Å²) in [5.74, 6) is 0. The van der Waals surface area contributed by atoms with Crippen LogP contribution in [-0.2, 0) is 0 Å². The summed E-state index contributed by atoms with van der Waals surface area (Å²) < 4.78 is 0. The van der Waals surface area contributed by atoms with Gasteiger partial charge in [0.15, 0.2) is 0 Å². The van der Waals surface area contributed by atoms with Crippen molar-refractivity contribution in [2.45, 2.75) is 25.6 Å². The van der Waals surface area contributed by atoms with Gasteiger partial charge in [-0.25, -0.2) is 0 Å². The van der Waals surface area contributed by atoms with E-state index in [4.69, 9.17) is 0 Å². The van der Waals surface area contributed by atoms with Crippen LogP contribution >= 0.6 is 7.26 Å². The van der Waals surface area contributed by atoms with E-state index in [9.17, 15) is 5.11 Å². The van der Waals surface area contributed by atoms with Crippen molar-refractivity contribution < 1.29 is 22.1 Å². The van der Waals surface area contributed by atoms with E-state index >= 15 is 0 Å². The van der Waals surface area contributed by atoms with Gasteiger partial charge in [-0.15, -0.1) is 0 Å². The summed E-state index contributed by atoms with van der Waals surface area (Å²) in [6.45, 7) is 4.10. The number of benzene rings is 3. The molecule has 1 nitrogen and oxygen atoms in total. The lowest BCUT2D eigenvalue weighted by Crippen LogP contribution is -3.00. The monoisotopic (exact) mass is 414 g/mol. The van der Waals surface area contributed by atoms with Crippen molar-refractivity contribution in [3.8, 4) is 0 Å². The minimum absolute atomic E-state index is 0. The van der Waals surface area contributed by atoms with Gasteiger partial charge < -0.3 is 22.1 Å². The minimum atomic E-state index is -1.95. The van der Waals surface area contributed by atoms with Crippen LogP contribution < -0.4 is 32.9 Å². The summed E-state index contributed by atoms with van der Waals surface area (Å²) in [6.07, 6.45) is -0.390. The molecule has 0 aliphatic heterocycles. The first-order valence-corrected chi connectivity index (χ1v) is 10.3. The Morgan fingerprint density at radius 3 is 1.12 bits per heavy atom. The molecule has 0 radical (unpaired) electrons. The Balaban J connectivity index is 0.00000225. The lowest BCUT2D eigenvalue weighted by atomic mass is 10.3. The number of hydrogen-bond donors (Lipinski definition) is 1. The first-order chi connectivity index (χ1) is 11.7. The molecule has 3 aromatic rings. The van der Waals surface area contributed by atoms with Gasteiger partial charge in [0, 0.05) is 0 Å². The first kappa shape index (κ1) is 19.8. The Labute approximate surface area is 161 Å². The highest BCUT2D eigenvalue weighted by atomic mass is 79.9. The lowest BCUT2D eigenvalue weighted by molar-refractivity contribution is -0.00000678. The number of hydrogen-bond acceptors (Lipinski definition) is 1. The van der Waals surface area contributed by atoms with E-state index in [0.717, 1.165) is 0 Å². The van der Waals surface area contributed by atoms with Crippen LogP contribution in [0, 0.1) is 0 Å². The molecular weight excluding hydrogens is 391 g/mol. The van der Waals surface area contributed by atoms with E-state index in [1.165, 1.54) is 15.9 Å². The molecule has 0 bridgehead atoms. The summed E-state index contributed by atoms with van der Waals surface area (Å²) in [4.78, 5) is 0. The molecule has 130 valence electrons. The van der Waals surface area contributed by atoms with Gasteiger partial charge >= 0.3 is 0 Å². The van der Waals surface area contributed by atoms with Crippen LogP contribution in [0.3, 0.4) is 0 Å². The maximum absolute atomic E-state index is 10.6. The van der Waals surface area contributed by atoms with Gasteiger partial charge in [0.1, 0.15) is 28.8 Å². The molecule has 0 aliphatic carbocycles. The number of aliphatic hydroxyl groups excluding tert-OH is 1. The predicted octanol–water partition coefficient (Wildman–Crippen LogP) is 0.754. The van der Waals surface area contributed by atoms with Crippen molar-refractivity contribution in [2.75, 3.05) is 0 Å². The van der Waals surface area contributed by atoms with E-state index in [1.807, 2.05) is 6.92 Å². The molecule has 0 spiro atoms. The normalized spacial score (nSPS) is 13.6. The summed E-state index contributed by atoms with van der Waals surface area (Å²) in [7, 11) is -1.95. The fourth-order valence-corrected chi connectivity index (χ4v) is 8.35. The molecule has 2 unspecified atom stereocenters. The number of rotatable bonds is 5.